The van der Waals surface area contributed by atoms with Crippen LogP contribution in [0.2, 0.25) is 0 Å². The highest BCUT2D eigenvalue weighted by Crippen LogP contribution is 2.31. The summed E-state index contributed by atoms with van der Waals surface area (Å²) in [7, 11) is 2.16. The lowest BCUT2D eigenvalue weighted by atomic mass is 10.1. The Morgan fingerprint density at radius 3 is 2.81 bits per heavy atom. The highest BCUT2D eigenvalue weighted by Gasteiger charge is 2.29. The third-order valence-electron chi connectivity index (χ3n) is 4.06. The van der Waals surface area contributed by atoms with E-state index in [9.17, 15) is 0 Å². The van der Waals surface area contributed by atoms with Crippen LogP contribution in [0, 0.1) is 0 Å². The average Bonchev–Trinajstić information content (AvgIpc) is 3.03. The van der Waals surface area contributed by atoms with Gasteiger partial charge >= 0.3 is 0 Å². The maximum Gasteiger partial charge on any atom is 0.185 e. The summed E-state index contributed by atoms with van der Waals surface area (Å²) in [6, 6.07) is 0.961. The monoisotopic (exact) mass is 311 g/mol. The Bertz CT molecular complexity index is 447. The van der Waals surface area contributed by atoms with E-state index in [4.69, 9.17) is 9.72 Å². The van der Waals surface area contributed by atoms with E-state index in [0.717, 1.165) is 37.5 Å². The fourth-order valence-electron chi connectivity index (χ4n) is 2.76. The molecule has 0 aromatic carbocycles. The molecule has 4 nitrogen and oxygen atoms in total. The molecule has 1 aromatic rings. The summed E-state index contributed by atoms with van der Waals surface area (Å²) < 4.78 is 5.69. The predicted molar refractivity (Wildman–Crippen MR) is 90.3 cm³/mol. The van der Waals surface area contributed by atoms with E-state index >= 15 is 0 Å². The van der Waals surface area contributed by atoms with Gasteiger partial charge in [0.05, 0.1) is 17.8 Å². The average molecular weight is 311 g/mol. The zero-order valence-corrected chi connectivity index (χ0v) is 14.8. The number of hydrogen-bond donors (Lipinski definition) is 1. The minimum absolute atomic E-state index is 0.297. The van der Waals surface area contributed by atoms with Gasteiger partial charge in [0.15, 0.2) is 5.13 Å². The molecule has 1 fully saturated rings. The van der Waals surface area contributed by atoms with Gasteiger partial charge in [0, 0.05) is 31.1 Å². The van der Waals surface area contributed by atoms with Crippen molar-refractivity contribution in [2.24, 2.45) is 0 Å². The van der Waals surface area contributed by atoms with Crippen LogP contribution in [0.5, 0.6) is 0 Å². The molecule has 0 bridgehead atoms. The van der Waals surface area contributed by atoms with Gasteiger partial charge in [-0.25, -0.2) is 4.98 Å². The van der Waals surface area contributed by atoms with Crippen molar-refractivity contribution in [1.82, 2.24) is 10.3 Å². The molecular formula is C16H29N3OS. The Morgan fingerprint density at radius 2 is 2.24 bits per heavy atom. The Labute approximate surface area is 132 Å². The minimum Gasteiger partial charge on any atom is -0.376 e. The molecule has 120 valence electrons. The lowest BCUT2D eigenvalue weighted by molar-refractivity contribution is 0.118. The molecule has 2 rings (SSSR count). The third-order valence-corrected chi connectivity index (χ3v) is 5.25. The van der Waals surface area contributed by atoms with Gasteiger partial charge in [-0.2, -0.15) is 0 Å². The number of anilines is 1. The number of likely N-dealkylation sites (N-methyl/N-ethyl adjacent to an activating group) is 1. The summed E-state index contributed by atoms with van der Waals surface area (Å²) in [6.45, 7) is 10.5. The van der Waals surface area contributed by atoms with Crippen LogP contribution in [0.3, 0.4) is 0 Å². The minimum atomic E-state index is 0.297. The first kappa shape index (κ1) is 16.7. The number of nitrogens with zero attached hydrogens (tertiary/aromatic N) is 2. The topological polar surface area (TPSA) is 37.4 Å². The van der Waals surface area contributed by atoms with Crippen molar-refractivity contribution in [3.05, 3.63) is 10.6 Å². The zero-order chi connectivity index (χ0) is 15.4. The molecule has 2 unspecified atom stereocenters. The van der Waals surface area contributed by atoms with Crippen LogP contribution in [-0.2, 0) is 17.7 Å². The largest absolute Gasteiger partial charge is 0.376 e. The SMILES string of the molecule is CCCc1nc(N(C)C2CCOC2C)sc1CNC(C)C. The molecule has 1 aliphatic heterocycles. The van der Waals surface area contributed by atoms with E-state index in [0.29, 0.717) is 18.2 Å². The van der Waals surface area contributed by atoms with Crippen molar-refractivity contribution in [3.63, 3.8) is 0 Å². The van der Waals surface area contributed by atoms with Gasteiger partial charge in [0.25, 0.3) is 0 Å². The number of rotatable bonds is 7. The fourth-order valence-corrected chi connectivity index (χ4v) is 3.84. The molecule has 0 aliphatic carbocycles. The second kappa shape index (κ2) is 7.56. The fraction of sp³-hybridized carbons (Fsp3) is 0.812. The first-order valence-electron chi connectivity index (χ1n) is 8.09. The van der Waals surface area contributed by atoms with E-state index in [1.165, 1.54) is 10.6 Å². The highest BCUT2D eigenvalue weighted by molar-refractivity contribution is 7.15. The van der Waals surface area contributed by atoms with Crippen molar-refractivity contribution in [2.75, 3.05) is 18.6 Å². The van der Waals surface area contributed by atoms with Crippen LogP contribution in [0.4, 0.5) is 5.13 Å². The maximum absolute atomic E-state index is 5.69. The molecule has 0 amide bonds. The number of hydrogen-bond acceptors (Lipinski definition) is 5. The molecule has 1 N–H and O–H groups in total. The summed E-state index contributed by atoms with van der Waals surface area (Å²) in [5.41, 5.74) is 1.27. The molecule has 2 heterocycles. The molecule has 1 aromatic heterocycles. The molecule has 5 heteroatoms. The summed E-state index contributed by atoms with van der Waals surface area (Å²) >= 11 is 1.84. The van der Waals surface area contributed by atoms with Gasteiger partial charge in [-0.3, -0.25) is 0 Å². The van der Waals surface area contributed by atoms with Crippen molar-refractivity contribution >= 4 is 16.5 Å². The van der Waals surface area contributed by atoms with Crippen LogP contribution in [0.1, 0.15) is 51.1 Å². The maximum atomic E-state index is 5.69. The zero-order valence-electron chi connectivity index (χ0n) is 14.0. The van der Waals surface area contributed by atoms with Crippen molar-refractivity contribution < 1.29 is 4.74 Å². The van der Waals surface area contributed by atoms with Gasteiger partial charge < -0.3 is 15.0 Å². The van der Waals surface area contributed by atoms with Gasteiger partial charge in [-0.05, 0) is 19.8 Å². The van der Waals surface area contributed by atoms with Gasteiger partial charge in [0.1, 0.15) is 0 Å². The lowest BCUT2D eigenvalue weighted by Crippen LogP contribution is -2.36. The molecule has 2 atom stereocenters. The number of aryl methyl sites for hydroxylation is 1. The first-order chi connectivity index (χ1) is 10.0. The molecule has 1 aliphatic rings. The lowest BCUT2D eigenvalue weighted by Gasteiger charge is -2.26. The van der Waals surface area contributed by atoms with Crippen LogP contribution in [-0.4, -0.2) is 36.8 Å². The predicted octanol–water partition coefficient (Wildman–Crippen LogP) is 3.21. The molecule has 0 radical (unpaired) electrons. The molecule has 0 spiro atoms. The highest BCUT2D eigenvalue weighted by atomic mass is 32.1. The Balaban J connectivity index is 2.13. The Hall–Kier alpha value is -0.650. The van der Waals surface area contributed by atoms with Gasteiger partial charge in [-0.15, -0.1) is 11.3 Å². The Morgan fingerprint density at radius 1 is 1.48 bits per heavy atom. The van der Waals surface area contributed by atoms with Crippen molar-refractivity contribution in [3.8, 4) is 0 Å². The summed E-state index contributed by atoms with van der Waals surface area (Å²) in [5, 5.41) is 4.66. The third kappa shape index (κ3) is 4.18. The first-order valence-corrected chi connectivity index (χ1v) is 8.91. The normalized spacial score (nSPS) is 22.2. The van der Waals surface area contributed by atoms with Crippen LogP contribution >= 0.6 is 11.3 Å². The summed E-state index contributed by atoms with van der Waals surface area (Å²) in [5.74, 6) is 0. The van der Waals surface area contributed by atoms with Crippen LogP contribution < -0.4 is 10.2 Å². The number of thiazole rings is 1. The second-order valence-electron chi connectivity index (χ2n) is 6.19. The van der Waals surface area contributed by atoms with Crippen molar-refractivity contribution in [2.45, 2.75) is 71.7 Å². The van der Waals surface area contributed by atoms with Gasteiger partial charge in [0.2, 0.25) is 0 Å². The number of aromatic nitrogens is 1. The molecule has 1 saturated heterocycles. The van der Waals surface area contributed by atoms with E-state index in [-0.39, 0.29) is 0 Å². The summed E-state index contributed by atoms with van der Waals surface area (Å²) in [6.07, 6.45) is 3.60. The number of ether oxygens (including phenoxy) is 1. The van der Waals surface area contributed by atoms with E-state index in [2.05, 4.69) is 45.0 Å². The molecule has 0 saturated carbocycles. The Kier molecular flexibility index (Phi) is 6.02. The molecule has 21 heavy (non-hydrogen) atoms. The number of nitrogens with one attached hydrogen (secondary N) is 1. The quantitative estimate of drug-likeness (QED) is 0.839. The van der Waals surface area contributed by atoms with Crippen LogP contribution in [0.15, 0.2) is 0 Å². The standard InChI is InChI=1S/C16H29N3OS/c1-6-7-13-15(10-17-11(2)3)21-16(18-13)19(5)14-8-9-20-12(14)4/h11-12,14,17H,6-10H2,1-5H3. The van der Waals surface area contributed by atoms with E-state index in [1.54, 1.807) is 0 Å². The van der Waals surface area contributed by atoms with Crippen LogP contribution in [0.25, 0.3) is 0 Å². The second-order valence-corrected chi connectivity index (χ2v) is 7.26. The summed E-state index contributed by atoms with van der Waals surface area (Å²) in [4.78, 5) is 8.61. The van der Waals surface area contributed by atoms with Gasteiger partial charge in [-0.1, -0.05) is 27.2 Å². The van der Waals surface area contributed by atoms with E-state index in [1.807, 2.05) is 11.3 Å². The molecular weight excluding hydrogens is 282 g/mol. The van der Waals surface area contributed by atoms with E-state index < -0.39 is 0 Å². The smallest absolute Gasteiger partial charge is 0.185 e. The van der Waals surface area contributed by atoms with Crippen molar-refractivity contribution in [1.29, 1.82) is 0 Å².